The number of hydrogen-bond acceptors (Lipinski definition) is 5. The molecular weight excluding hydrogens is 371 g/mol. The first-order valence-corrected chi connectivity index (χ1v) is 8.98. The lowest BCUT2D eigenvalue weighted by Crippen LogP contribution is -2.20. The second-order valence-electron chi connectivity index (χ2n) is 5.60. The Hall–Kier alpha value is -2.71. The van der Waals surface area contributed by atoms with Gasteiger partial charge in [0.25, 0.3) is 5.91 Å². The Bertz CT molecular complexity index is 1040. The van der Waals surface area contributed by atoms with Gasteiger partial charge >= 0.3 is 0 Å². The summed E-state index contributed by atoms with van der Waals surface area (Å²) in [5.74, 6) is 0.0425. The molecule has 1 heterocycles. The van der Waals surface area contributed by atoms with E-state index in [2.05, 4.69) is 4.99 Å². The molecule has 0 spiro atoms. The molecule has 6 nitrogen and oxygen atoms in total. The van der Waals surface area contributed by atoms with E-state index in [4.69, 9.17) is 14.2 Å². The molecule has 0 atom stereocenters. The number of thiazole rings is 1. The van der Waals surface area contributed by atoms with Gasteiger partial charge in [-0.2, -0.15) is 4.99 Å². The van der Waals surface area contributed by atoms with Crippen molar-refractivity contribution in [1.82, 2.24) is 4.57 Å². The zero-order valence-corrected chi connectivity index (χ0v) is 16.0. The van der Waals surface area contributed by atoms with Crippen molar-refractivity contribution in [2.45, 2.75) is 6.54 Å². The van der Waals surface area contributed by atoms with Gasteiger partial charge in [0.05, 0.1) is 36.6 Å². The van der Waals surface area contributed by atoms with Gasteiger partial charge in [-0.25, -0.2) is 4.39 Å². The van der Waals surface area contributed by atoms with Crippen LogP contribution in [0.2, 0.25) is 0 Å². The largest absolute Gasteiger partial charge is 0.497 e. The third-order valence-corrected chi connectivity index (χ3v) is 5.05. The van der Waals surface area contributed by atoms with Crippen LogP contribution in [0.25, 0.3) is 10.2 Å². The lowest BCUT2D eigenvalue weighted by Gasteiger charge is -2.08. The average molecular weight is 390 g/mol. The molecule has 0 aliphatic rings. The highest BCUT2D eigenvalue weighted by Gasteiger charge is 2.16. The fourth-order valence-electron chi connectivity index (χ4n) is 2.69. The van der Waals surface area contributed by atoms with Crippen LogP contribution in [-0.4, -0.2) is 38.4 Å². The van der Waals surface area contributed by atoms with Crippen LogP contribution in [0, 0.1) is 5.82 Å². The van der Waals surface area contributed by atoms with Crippen LogP contribution in [0.3, 0.4) is 0 Å². The number of methoxy groups -OCH3 is 3. The summed E-state index contributed by atoms with van der Waals surface area (Å²) >= 11 is 1.24. The van der Waals surface area contributed by atoms with Gasteiger partial charge in [-0.1, -0.05) is 17.4 Å². The highest BCUT2D eigenvalue weighted by atomic mass is 32.1. The van der Waals surface area contributed by atoms with Crippen molar-refractivity contribution in [3.05, 3.63) is 52.6 Å². The summed E-state index contributed by atoms with van der Waals surface area (Å²) in [5.41, 5.74) is 0.678. The van der Waals surface area contributed by atoms with Crippen molar-refractivity contribution in [3.8, 4) is 11.5 Å². The predicted octanol–water partition coefficient (Wildman–Crippen LogP) is 3.25. The molecule has 0 aliphatic carbocycles. The number of ether oxygens (including phenoxy) is 3. The van der Waals surface area contributed by atoms with Crippen molar-refractivity contribution < 1.29 is 23.4 Å². The van der Waals surface area contributed by atoms with Gasteiger partial charge in [0.15, 0.2) is 4.80 Å². The summed E-state index contributed by atoms with van der Waals surface area (Å²) in [7, 11) is 4.56. The second-order valence-corrected chi connectivity index (χ2v) is 6.61. The third-order valence-electron chi connectivity index (χ3n) is 4.01. The van der Waals surface area contributed by atoms with Crippen molar-refractivity contribution in [3.63, 3.8) is 0 Å². The first-order chi connectivity index (χ1) is 13.1. The normalized spacial score (nSPS) is 11.8. The molecule has 3 aromatic rings. The van der Waals surface area contributed by atoms with Gasteiger partial charge in [-0.15, -0.1) is 0 Å². The molecule has 0 N–H and O–H groups in total. The van der Waals surface area contributed by atoms with E-state index in [1.54, 1.807) is 42.0 Å². The Morgan fingerprint density at radius 2 is 2.00 bits per heavy atom. The van der Waals surface area contributed by atoms with Gasteiger partial charge in [0.2, 0.25) is 0 Å². The summed E-state index contributed by atoms with van der Waals surface area (Å²) in [4.78, 5) is 17.4. The highest BCUT2D eigenvalue weighted by Crippen LogP contribution is 2.25. The molecule has 3 rings (SSSR count). The van der Waals surface area contributed by atoms with E-state index in [-0.39, 0.29) is 11.4 Å². The zero-order valence-electron chi connectivity index (χ0n) is 15.2. The third kappa shape index (κ3) is 3.86. The molecule has 0 bridgehead atoms. The number of aromatic nitrogens is 1. The molecule has 1 amide bonds. The molecule has 0 aliphatic heterocycles. The van der Waals surface area contributed by atoms with Crippen LogP contribution in [0.15, 0.2) is 41.4 Å². The lowest BCUT2D eigenvalue weighted by atomic mass is 10.2. The fourth-order valence-corrected chi connectivity index (χ4v) is 3.76. The molecule has 0 saturated heterocycles. The summed E-state index contributed by atoms with van der Waals surface area (Å²) in [6.45, 7) is 0.739. The smallest absolute Gasteiger partial charge is 0.283 e. The number of rotatable bonds is 6. The van der Waals surface area contributed by atoms with E-state index in [9.17, 15) is 9.18 Å². The van der Waals surface area contributed by atoms with Crippen molar-refractivity contribution >= 4 is 27.5 Å². The van der Waals surface area contributed by atoms with E-state index in [0.29, 0.717) is 39.7 Å². The van der Waals surface area contributed by atoms with Crippen LogP contribution in [0.5, 0.6) is 11.5 Å². The van der Waals surface area contributed by atoms with Gasteiger partial charge in [-0.3, -0.25) is 4.79 Å². The number of nitrogens with zero attached hydrogens (tertiary/aromatic N) is 2. The number of halogens is 1. The molecule has 0 saturated carbocycles. The van der Waals surface area contributed by atoms with Crippen molar-refractivity contribution in [2.24, 2.45) is 4.99 Å². The molecule has 1 aromatic heterocycles. The minimum atomic E-state index is -0.496. The van der Waals surface area contributed by atoms with E-state index in [1.807, 2.05) is 0 Å². The molecule has 0 fully saturated rings. The zero-order chi connectivity index (χ0) is 19.4. The maximum atomic E-state index is 14.3. The first kappa shape index (κ1) is 19.1. The van der Waals surface area contributed by atoms with Gasteiger partial charge in [-0.05, 0) is 30.3 Å². The number of amides is 1. The van der Waals surface area contributed by atoms with E-state index in [1.165, 1.54) is 31.6 Å². The summed E-state index contributed by atoms with van der Waals surface area (Å²) < 4.78 is 32.3. The van der Waals surface area contributed by atoms with Crippen LogP contribution >= 0.6 is 11.3 Å². The van der Waals surface area contributed by atoms with Crippen LogP contribution in [0.4, 0.5) is 4.39 Å². The molecular formula is C19H19FN2O4S. The minimum Gasteiger partial charge on any atom is -0.497 e. The fraction of sp³-hybridized carbons (Fsp3) is 0.263. The standard InChI is InChI=1S/C19H19FN2O4S/c1-24-10-9-22-17-14(20)5-4-6-16(17)27-19(22)21-18(23)13-11-12(25-2)7-8-15(13)26-3/h4-8,11H,9-10H2,1-3H3. The molecule has 2 aromatic carbocycles. The summed E-state index contributed by atoms with van der Waals surface area (Å²) in [5, 5.41) is 0. The monoisotopic (exact) mass is 390 g/mol. The summed E-state index contributed by atoms with van der Waals surface area (Å²) in [6.07, 6.45) is 0. The van der Waals surface area contributed by atoms with Gasteiger partial charge in [0.1, 0.15) is 17.3 Å². The molecule has 142 valence electrons. The van der Waals surface area contributed by atoms with Gasteiger partial charge < -0.3 is 18.8 Å². The SMILES string of the molecule is COCCn1c(=NC(=O)c2cc(OC)ccc2OC)sc2cccc(F)c21. The number of hydrogen-bond donors (Lipinski definition) is 0. The Morgan fingerprint density at radius 3 is 2.70 bits per heavy atom. The maximum Gasteiger partial charge on any atom is 0.283 e. The first-order valence-electron chi connectivity index (χ1n) is 8.17. The van der Waals surface area contributed by atoms with Crippen LogP contribution in [0.1, 0.15) is 10.4 Å². The Balaban J connectivity index is 2.15. The topological polar surface area (TPSA) is 62.1 Å². The van der Waals surface area contributed by atoms with Gasteiger partial charge in [0, 0.05) is 13.7 Å². The van der Waals surface area contributed by atoms with Crippen LogP contribution in [-0.2, 0) is 11.3 Å². The van der Waals surface area contributed by atoms with E-state index in [0.717, 1.165) is 0 Å². The molecule has 0 radical (unpaired) electrons. The summed E-state index contributed by atoms with van der Waals surface area (Å²) in [6, 6.07) is 9.72. The average Bonchev–Trinajstić information content (AvgIpc) is 3.03. The molecule has 27 heavy (non-hydrogen) atoms. The number of para-hydroxylation sites is 1. The predicted molar refractivity (Wildman–Crippen MR) is 101 cm³/mol. The Labute approximate surface area is 159 Å². The molecule has 8 heteroatoms. The number of fused-ring (bicyclic) bond motifs is 1. The molecule has 0 unspecified atom stereocenters. The number of benzene rings is 2. The second kappa shape index (κ2) is 8.32. The Kier molecular flexibility index (Phi) is 5.88. The van der Waals surface area contributed by atoms with Crippen molar-refractivity contribution in [1.29, 1.82) is 0 Å². The maximum absolute atomic E-state index is 14.3. The lowest BCUT2D eigenvalue weighted by molar-refractivity contribution is 0.0994. The number of carbonyl (C=O) groups excluding carboxylic acids is 1. The number of carbonyl (C=O) groups is 1. The highest BCUT2D eigenvalue weighted by molar-refractivity contribution is 7.16. The quantitative estimate of drug-likeness (QED) is 0.648. The van der Waals surface area contributed by atoms with Crippen LogP contribution < -0.4 is 14.3 Å². The van der Waals surface area contributed by atoms with Crippen molar-refractivity contribution in [2.75, 3.05) is 27.9 Å². The minimum absolute atomic E-state index is 0.271. The Morgan fingerprint density at radius 1 is 1.19 bits per heavy atom. The van der Waals surface area contributed by atoms with E-state index >= 15 is 0 Å². The van der Waals surface area contributed by atoms with E-state index < -0.39 is 5.91 Å².